The summed E-state index contributed by atoms with van der Waals surface area (Å²) in [5, 5.41) is 3.58. The summed E-state index contributed by atoms with van der Waals surface area (Å²) < 4.78 is 5.32. The highest BCUT2D eigenvalue weighted by molar-refractivity contribution is 5.59. The molecule has 0 fully saturated rings. The van der Waals surface area contributed by atoms with Gasteiger partial charge in [-0.1, -0.05) is 24.3 Å². The van der Waals surface area contributed by atoms with E-state index in [4.69, 9.17) is 4.74 Å². The lowest BCUT2D eigenvalue weighted by atomic mass is 9.81. The van der Waals surface area contributed by atoms with E-state index in [1.165, 1.54) is 22.4 Å². The van der Waals surface area contributed by atoms with Crippen LogP contribution in [0.1, 0.15) is 36.0 Å². The Morgan fingerprint density at radius 1 is 1.10 bits per heavy atom. The lowest BCUT2D eigenvalue weighted by Crippen LogP contribution is -2.26. The van der Waals surface area contributed by atoms with Gasteiger partial charge in [0.05, 0.1) is 7.11 Å². The van der Waals surface area contributed by atoms with Crippen molar-refractivity contribution >= 4 is 5.69 Å². The van der Waals surface area contributed by atoms with E-state index in [-0.39, 0.29) is 0 Å². The number of aryl methyl sites for hydroxylation is 1. The molecule has 0 spiro atoms. The van der Waals surface area contributed by atoms with Crippen LogP contribution in [0.5, 0.6) is 5.75 Å². The van der Waals surface area contributed by atoms with Crippen molar-refractivity contribution in [3.63, 3.8) is 0 Å². The molecule has 0 saturated carbocycles. The Morgan fingerprint density at radius 2 is 1.90 bits per heavy atom. The number of hydrogen-bond acceptors (Lipinski definition) is 2. The first-order valence-electron chi connectivity index (χ1n) is 7.19. The number of nitrogens with one attached hydrogen (secondary N) is 1. The summed E-state index contributed by atoms with van der Waals surface area (Å²) >= 11 is 0. The van der Waals surface area contributed by atoms with E-state index >= 15 is 0 Å². The van der Waals surface area contributed by atoms with Gasteiger partial charge in [0.15, 0.2) is 0 Å². The van der Waals surface area contributed by atoms with Crippen LogP contribution in [0, 0.1) is 6.92 Å². The molecule has 20 heavy (non-hydrogen) atoms. The molecule has 2 heteroatoms. The maximum absolute atomic E-state index is 5.32. The molecule has 0 aromatic heterocycles. The molecule has 3 rings (SSSR count). The average Bonchev–Trinajstić information content (AvgIpc) is 2.46. The standard InChI is InChI=1S/C18H21NO/c1-12-10-14(20-3)8-9-15(12)17-11-13(2)19-18-7-5-4-6-16(17)18/h4-10,13,17,19H,11H2,1-3H3. The summed E-state index contributed by atoms with van der Waals surface area (Å²) in [4.78, 5) is 0. The van der Waals surface area contributed by atoms with E-state index in [2.05, 4.69) is 61.6 Å². The Bertz CT molecular complexity index is 621. The Labute approximate surface area is 120 Å². The lowest BCUT2D eigenvalue weighted by molar-refractivity contribution is 0.414. The molecule has 0 saturated heterocycles. The molecule has 2 aromatic carbocycles. The molecular weight excluding hydrogens is 246 g/mol. The van der Waals surface area contributed by atoms with Crippen LogP contribution in [0.2, 0.25) is 0 Å². The van der Waals surface area contributed by atoms with Gasteiger partial charge in [-0.05, 0) is 55.2 Å². The van der Waals surface area contributed by atoms with Crippen LogP contribution in [-0.2, 0) is 0 Å². The summed E-state index contributed by atoms with van der Waals surface area (Å²) in [6.45, 7) is 4.43. The zero-order valence-corrected chi connectivity index (χ0v) is 12.3. The molecule has 0 radical (unpaired) electrons. The SMILES string of the molecule is COc1ccc(C2CC(C)Nc3ccccc32)c(C)c1. The van der Waals surface area contributed by atoms with E-state index < -0.39 is 0 Å². The van der Waals surface area contributed by atoms with Crippen LogP contribution in [0.25, 0.3) is 0 Å². The zero-order valence-electron chi connectivity index (χ0n) is 12.3. The van der Waals surface area contributed by atoms with Crippen molar-refractivity contribution in [1.29, 1.82) is 0 Å². The van der Waals surface area contributed by atoms with Crippen molar-refractivity contribution in [2.75, 3.05) is 12.4 Å². The highest BCUT2D eigenvalue weighted by Gasteiger charge is 2.26. The third-order valence-corrected chi connectivity index (χ3v) is 4.18. The van der Waals surface area contributed by atoms with Gasteiger partial charge in [0, 0.05) is 17.6 Å². The molecule has 0 amide bonds. The molecule has 2 unspecified atom stereocenters. The number of benzene rings is 2. The van der Waals surface area contributed by atoms with Gasteiger partial charge in [0.1, 0.15) is 5.75 Å². The van der Waals surface area contributed by atoms with Crippen LogP contribution in [0.15, 0.2) is 42.5 Å². The molecule has 2 atom stereocenters. The van der Waals surface area contributed by atoms with Crippen LogP contribution in [0.3, 0.4) is 0 Å². The number of ether oxygens (including phenoxy) is 1. The fourth-order valence-electron chi connectivity index (χ4n) is 3.20. The minimum atomic E-state index is 0.466. The van der Waals surface area contributed by atoms with Crippen molar-refractivity contribution in [3.05, 3.63) is 59.2 Å². The average molecular weight is 267 g/mol. The molecule has 104 valence electrons. The first-order valence-corrected chi connectivity index (χ1v) is 7.19. The monoisotopic (exact) mass is 267 g/mol. The number of rotatable bonds is 2. The lowest BCUT2D eigenvalue weighted by Gasteiger charge is -2.32. The van der Waals surface area contributed by atoms with Crippen molar-refractivity contribution in [3.8, 4) is 5.75 Å². The highest BCUT2D eigenvalue weighted by atomic mass is 16.5. The number of fused-ring (bicyclic) bond motifs is 1. The summed E-state index contributed by atoms with van der Waals surface area (Å²) in [6, 6.07) is 15.6. The summed E-state index contributed by atoms with van der Waals surface area (Å²) in [6.07, 6.45) is 1.13. The van der Waals surface area contributed by atoms with Gasteiger partial charge in [0.2, 0.25) is 0 Å². The maximum atomic E-state index is 5.32. The highest BCUT2D eigenvalue weighted by Crippen LogP contribution is 2.40. The van der Waals surface area contributed by atoms with Crippen LogP contribution >= 0.6 is 0 Å². The smallest absolute Gasteiger partial charge is 0.119 e. The molecule has 1 N–H and O–H groups in total. The normalized spacial score (nSPS) is 20.9. The molecular formula is C18H21NO. The first kappa shape index (κ1) is 13.0. The quantitative estimate of drug-likeness (QED) is 0.874. The minimum absolute atomic E-state index is 0.466. The predicted molar refractivity (Wildman–Crippen MR) is 83.7 cm³/mol. The number of methoxy groups -OCH3 is 1. The third-order valence-electron chi connectivity index (χ3n) is 4.18. The second-order valence-electron chi connectivity index (χ2n) is 5.64. The maximum Gasteiger partial charge on any atom is 0.119 e. The number of para-hydroxylation sites is 1. The Kier molecular flexibility index (Phi) is 3.39. The molecule has 0 bridgehead atoms. The minimum Gasteiger partial charge on any atom is -0.497 e. The van der Waals surface area contributed by atoms with E-state index in [0.717, 1.165) is 12.2 Å². The Morgan fingerprint density at radius 3 is 2.65 bits per heavy atom. The second kappa shape index (κ2) is 5.20. The first-order chi connectivity index (χ1) is 9.69. The van der Waals surface area contributed by atoms with Gasteiger partial charge >= 0.3 is 0 Å². The van der Waals surface area contributed by atoms with Gasteiger partial charge in [-0.2, -0.15) is 0 Å². The van der Waals surface area contributed by atoms with Gasteiger partial charge < -0.3 is 10.1 Å². The van der Waals surface area contributed by atoms with Gasteiger partial charge in [-0.25, -0.2) is 0 Å². The molecule has 2 nitrogen and oxygen atoms in total. The third kappa shape index (κ3) is 2.26. The van der Waals surface area contributed by atoms with E-state index in [1.807, 2.05) is 0 Å². The second-order valence-corrected chi connectivity index (χ2v) is 5.64. The fourth-order valence-corrected chi connectivity index (χ4v) is 3.20. The largest absolute Gasteiger partial charge is 0.497 e. The predicted octanol–water partition coefficient (Wildman–Crippen LogP) is 4.34. The van der Waals surface area contributed by atoms with Crippen LogP contribution in [-0.4, -0.2) is 13.2 Å². The molecule has 1 aliphatic rings. The van der Waals surface area contributed by atoms with Crippen molar-refractivity contribution < 1.29 is 4.74 Å². The topological polar surface area (TPSA) is 21.3 Å². The van der Waals surface area contributed by atoms with E-state index in [0.29, 0.717) is 12.0 Å². The number of anilines is 1. The molecule has 2 aromatic rings. The van der Waals surface area contributed by atoms with Gasteiger partial charge in [-0.15, -0.1) is 0 Å². The van der Waals surface area contributed by atoms with Crippen LogP contribution in [0.4, 0.5) is 5.69 Å². The summed E-state index contributed by atoms with van der Waals surface area (Å²) in [7, 11) is 1.72. The van der Waals surface area contributed by atoms with Gasteiger partial charge in [-0.3, -0.25) is 0 Å². The summed E-state index contributed by atoms with van der Waals surface area (Å²) in [5.74, 6) is 1.40. The summed E-state index contributed by atoms with van der Waals surface area (Å²) in [5.41, 5.74) is 5.38. The van der Waals surface area contributed by atoms with E-state index in [9.17, 15) is 0 Å². The molecule has 1 aliphatic heterocycles. The van der Waals surface area contributed by atoms with Crippen molar-refractivity contribution in [2.24, 2.45) is 0 Å². The van der Waals surface area contributed by atoms with Gasteiger partial charge in [0.25, 0.3) is 0 Å². The Balaban J connectivity index is 2.06. The molecule has 0 aliphatic carbocycles. The van der Waals surface area contributed by atoms with Crippen LogP contribution < -0.4 is 10.1 Å². The Hall–Kier alpha value is -1.96. The van der Waals surface area contributed by atoms with Crippen molar-refractivity contribution in [2.45, 2.75) is 32.2 Å². The van der Waals surface area contributed by atoms with E-state index in [1.54, 1.807) is 7.11 Å². The number of hydrogen-bond donors (Lipinski definition) is 1. The zero-order chi connectivity index (χ0) is 14.1. The molecule has 1 heterocycles. The fraction of sp³-hybridized carbons (Fsp3) is 0.333. The van der Waals surface area contributed by atoms with Crippen molar-refractivity contribution in [1.82, 2.24) is 0 Å².